The van der Waals surface area contributed by atoms with Gasteiger partial charge in [0.1, 0.15) is 5.75 Å². The van der Waals surface area contributed by atoms with Crippen molar-refractivity contribution in [2.75, 3.05) is 18.2 Å². The number of ether oxygens (including phenoxy) is 1. The summed E-state index contributed by atoms with van der Waals surface area (Å²) in [6, 6.07) is 6.47. The van der Waals surface area contributed by atoms with Gasteiger partial charge in [-0.15, -0.1) is 0 Å². The van der Waals surface area contributed by atoms with E-state index in [1.54, 1.807) is 7.11 Å². The fourth-order valence-electron chi connectivity index (χ4n) is 2.37. The summed E-state index contributed by atoms with van der Waals surface area (Å²) >= 11 is 0. The first kappa shape index (κ1) is 11.1. The Kier molecular flexibility index (Phi) is 3.22. The molecule has 0 heterocycles. The number of anilines is 2. The van der Waals surface area contributed by atoms with Crippen molar-refractivity contribution in [1.82, 2.24) is 0 Å². The quantitative estimate of drug-likeness (QED) is 0.770. The molecule has 0 radical (unpaired) electrons. The van der Waals surface area contributed by atoms with Crippen LogP contribution in [0.5, 0.6) is 5.75 Å². The number of methoxy groups -OCH3 is 1. The highest BCUT2D eigenvalue weighted by Gasteiger charge is 2.22. The Balaban J connectivity index is 2.09. The van der Waals surface area contributed by atoms with Crippen molar-refractivity contribution in [3.8, 4) is 5.75 Å². The Morgan fingerprint density at radius 2 is 2.19 bits per heavy atom. The lowest BCUT2D eigenvalue weighted by molar-refractivity contribution is 0.417. The maximum absolute atomic E-state index is 5.78. The molecule has 1 aromatic carbocycles. The number of rotatable bonds is 3. The topological polar surface area (TPSA) is 47.3 Å². The molecule has 0 amide bonds. The lowest BCUT2D eigenvalue weighted by atomic mass is 10.1. The molecule has 0 saturated heterocycles. The summed E-state index contributed by atoms with van der Waals surface area (Å²) in [5.41, 5.74) is 7.57. The second kappa shape index (κ2) is 4.64. The van der Waals surface area contributed by atoms with E-state index in [1.165, 1.54) is 19.3 Å². The van der Waals surface area contributed by atoms with E-state index in [1.807, 2.05) is 18.2 Å². The minimum atomic E-state index is 0.591. The van der Waals surface area contributed by atoms with Gasteiger partial charge in [-0.25, -0.2) is 0 Å². The monoisotopic (exact) mass is 220 g/mol. The Labute approximate surface area is 97.0 Å². The zero-order valence-corrected chi connectivity index (χ0v) is 9.99. The van der Waals surface area contributed by atoms with E-state index in [2.05, 4.69) is 12.2 Å². The standard InChI is InChI=1S/C13H20N2O/c1-9-4-3-5-12(9)15-10-6-7-11(14)13(8-10)16-2/h6-9,12,15H,3-5,14H2,1-2H3. The van der Waals surface area contributed by atoms with Crippen molar-refractivity contribution >= 4 is 11.4 Å². The predicted molar refractivity (Wildman–Crippen MR) is 67.8 cm³/mol. The third kappa shape index (κ3) is 2.23. The second-order valence-corrected chi connectivity index (χ2v) is 4.62. The maximum atomic E-state index is 5.78. The Morgan fingerprint density at radius 3 is 2.81 bits per heavy atom. The highest BCUT2D eigenvalue weighted by atomic mass is 16.5. The molecule has 1 saturated carbocycles. The van der Waals surface area contributed by atoms with Crippen molar-refractivity contribution in [3.63, 3.8) is 0 Å². The van der Waals surface area contributed by atoms with Gasteiger partial charge in [0.15, 0.2) is 0 Å². The van der Waals surface area contributed by atoms with Crippen LogP contribution in [0.4, 0.5) is 11.4 Å². The van der Waals surface area contributed by atoms with Crippen LogP contribution in [0.2, 0.25) is 0 Å². The molecule has 2 atom stereocenters. The normalized spacial score (nSPS) is 24.4. The van der Waals surface area contributed by atoms with E-state index >= 15 is 0 Å². The van der Waals surface area contributed by atoms with Gasteiger partial charge in [-0.05, 0) is 30.9 Å². The molecular weight excluding hydrogens is 200 g/mol. The van der Waals surface area contributed by atoms with E-state index in [9.17, 15) is 0 Å². The summed E-state index contributed by atoms with van der Waals surface area (Å²) in [6.45, 7) is 2.30. The largest absolute Gasteiger partial charge is 0.495 e. The first-order valence-corrected chi connectivity index (χ1v) is 5.90. The van der Waals surface area contributed by atoms with Crippen LogP contribution in [0, 0.1) is 5.92 Å². The van der Waals surface area contributed by atoms with Crippen LogP contribution in [0.15, 0.2) is 18.2 Å². The van der Waals surface area contributed by atoms with Gasteiger partial charge in [-0.1, -0.05) is 13.3 Å². The molecule has 3 N–H and O–H groups in total. The summed E-state index contributed by atoms with van der Waals surface area (Å²) < 4.78 is 5.21. The average Bonchev–Trinajstić information content (AvgIpc) is 2.67. The van der Waals surface area contributed by atoms with Gasteiger partial charge in [-0.3, -0.25) is 0 Å². The van der Waals surface area contributed by atoms with Crippen molar-refractivity contribution in [3.05, 3.63) is 18.2 Å². The third-order valence-corrected chi connectivity index (χ3v) is 3.45. The van der Waals surface area contributed by atoms with Gasteiger partial charge in [0.05, 0.1) is 12.8 Å². The molecule has 2 rings (SSSR count). The molecule has 1 aromatic rings. The minimum Gasteiger partial charge on any atom is -0.495 e. The molecule has 1 fully saturated rings. The van der Waals surface area contributed by atoms with Crippen molar-refractivity contribution in [2.24, 2.45) is 5.92 Å². The third-order valence-electron chi connectivity index (χ3n) is 3.45. The molecule has 3 nitrogen and oxygen atoms in total. The van der Waals surface area contributed by atoms with E-state index in [-0.39, 0.29) is 0 Å². The van der Waals surface area contributed by atoms with E-state index in [0.717, 1.165) is 17.4 Å². The van der Waals surface area contributed by atoms with Gasteiger partial charge < -0.3 is 15.8 Å². The Bertz CT molecular complexity index is 365. The van der Waals surface area contributed by atoms with Gasteiger partial charge in [0, 0.05) is 17.8 Å². The number of nitrogens with one attached hydrogen (secondary N) is 1. The number of hydrogen-bond donors (Lipinski definition) is 2. The molecule has 0 bridgehead atoms. The van der Waals surface area contributed by atoms with Gasteiger partial charge in [0.25, 0.3) is 0 Å². The highest BCUT2D eigenvalue weighted by Crippen LogP contribution is 2.30. The summed E-state index contributed by atoms with van der Waals surface area (Å²) in [6.07, 6.45) is 3.91. The molecule has 16 heavy (non-hydrogen) atoms. The predicted octanol–water partition coefficient (Wildman–Crippen LogP) is 2.88. The van der Waals surface area contributed by atoms with Crippen LogP contribution in [-0.4, -0.2) is 13.2 Å². The number of nitrogen functional groups attached to an aromatic ring is 1. The van der Waals surface area contributed by atoms with Gasteiger partial charge >= 0.3 is 0 Å². The summed E-state index contributed by atoms with van der Waals surface area (Å²) in [7, 11) is 1.65. The molecule has 3 heteroatoms. The molecule has 1 aliphatic rings. The van der Waals surface area contributed by atoms with E-state index in [0.29, 0.717) is 11.7 Å². The van der Waals surface area contributed by atoms with Crippen molar-refractivity contribution in [1.29, 1.82) is 0 Å². The zero-order chi connectivity index (χ0) is 11.5. The zero-order valence-electron chi connectivity index (χ0n) is 9.99. The van der Waals surface area contributed by atoms with Crippen LogP contribution in [-0.2, 0) is 0 Å². The highest BCUT2D eigenvalue weighted by molar-refractivity contribution is 5.61. The fraction of sp³-hybridized carbons (Fsp3) is 0.538. The van der Waals surface area contributed by atoms with E-state index in [4.69, 9.17) is 10.5 Å². The minimum absolute atomic E-state index is 0.591. The molecule has 88 valence electrons. The van der Waals surface area contributed by atoms with Gasteiger partial charge in [-0.2, -0.15) is 0 Å². The van der Waals surface area contributed by atoms with Crippen LogP contribution < -0.4 is 15.8 Å². The van der Waals surface area contributed by atoms with Crippen LogP contribution in [0.25, 0.3) is 0 Å². The lowest BCUT2D eigenvalue weighted by Crippen LogP contribution is -2.21. The van der Waals surface area contributed by atoms with Gasteiger partial charge in [0.2, 0.25) is 0 Å². The first-order chi connectivity index (χ1) is 7.70. The number of benzene rings is 1. The second-order valence-electron chi connectivity index (χ2n) is 4.62. The summed E-state index contributed by atoms with van der Waals surface area (Å²) in [4.78, 5) is 0. The van der Waals surface area contributed by atoms with Crippen LogP contribution in [0.3, 0.4) is 0 Å². The molecule has 0 aliphatic heterocycles. The number of nitrogens with two attached hydrogens (primary N) is 1. The molecular formula is C13H20N2O. The fourth-order valence-corrected chi connectivity index (χ4v) is 2.37. The van der Waals surface area contributed by atoms with E-state index < -0.39 is 0 Å². The summed E-state index contributed by atoms with van der Waals surface area (Å²) in [5, 5.41) is 3.56. The first-order valence-electron chi connectivity index (χ1n) is 5.90. The molecule has 0 spiro atoms. The molecule has 2 unspecified atom stereocenters. The molecule has 1 aliphatic carbocycles. The Morgan fingerprint density at radius 1 is 1.38 bits per heavy atom. The van der Waals surface area contributed by atoms with Crippen molar-refractivity contribution < 1.29 is 4.74 Å². The van der Waals surface area contributed by atoms with Crippen LogP contribution in [0.1, 0.15) is 26.2 Å². The Hall–Kier alpha value is -1.38. The lowest BCUT2D eigenvalue weighted by Gasteiger charge is -2.19. The number of hydrogen-bond acceptors (Lipinski definition) is 3. The van der Waals surface area contributed by atoms with Crippen molar-refractivity contribution in [2.45, 2.75) is 32.2 Å². The molecule has 0 aromatic heterocycles. The SMILES string of the molecule is COc1cc(NC2CCCC2C)ccc1N. The summed E-state index contributed by atoms with van der Waals surface area (Å²) in [5.74, 6) is 1.50. The average molecular weight is 220 g/mol. The van der Waals surface area contributed by atoms with Crippen LogP contribution >= 0.6 is 0 Å². The smallest absolute Gasteiger partial charge is 0.143 e. The maximum Gasteiger partial charge on any atom is 0.143 e.